The Bertz CT molecular complexity index is 804. The van der Waals surface area contributed by atoms with Crippen LogP contribution in [0.15, 0.2) is 30.5 Å². The monoisotopic (exact) mass is 405 g/mol. The normalized spacial score (nSPS) is 17.2. The summed E-state index contributed by atoms with van der Waals surface area (Å²) in [7, 11) is 0. The van der Waals surface area contributed by atoms with Crippen molar-refractivity contribution in [3.05, 3.63) is 45.9 Å². The van der Waals surface area contributed by atoms with E-state index in [1.807, 2.05) is 43.0 Å². The second-order valence-electron chi connectivity index (χ2n) is 7.20. The van der Waals surface area contributed by atoms with Gasteiger partial charge in [-0.2, -0.15) is 0 Å². The highest BCUT2D eigenvalue weighted by atomic mass is 35.5. The van der Waals surface area contributed by atoms with Gasteiger partial charge in [-0.15, -0.1) is 11.3 Å². The number of nitrogens with one attached hydrogen (secondary N) is 1. The number of nitrogens with zero attached hydrogens (tertiary/aromatic N) is 2. The molecule has 2 aromatic rings. The minimum atomic E-state index is -0.176. The molecular formula is C20H24ClN3O2S. The summed E-state index contributed by atoms with van der Waals surface area (Å²) in [6.45, 7) is 5.02. The summed E-state index contributed by atoms with van der Waals surface area (Å²) >= 11 is 7.39. The fraction of sp³-hybridized carbons (Fsp3) is 0.450. The Kier molecular flexibility index (Phi) is 6.50. The minimum Gasteiger partial charge on any atom is -0.342 e. The number of anilines is 1. The van der Waals surface area contributed by atoms with Crippen molar-refractivity contribution in [2.24, 2.45) is 11.8 Å². The first-order valence-corrected chi connectivity index (χ1v) is 10.4. The molecule has 1 aromatic heterocycles. The molecular weight excluding hydrogens is 382 g/mol. The number of carbonyl (C=O) groups is 2. The number of hydrogen-bond acceptors (Lipinski definition) is 4. The molecule has 2 heterocycles. The van der Waals surface area contributed by atoms with Gasteiger partial charge in [0.05, 0.1) is 5.92 Å². The third kappa shape index (κ3) is 5.30. The van der Waals surface area contributed by atoms with E-state index in [-0.39, 0.29) is 23.7 Å². The van der Waals surface area contributed by atoms with Crippen LogP contribution in [-0.2, 0) is 16.0 Å². The van der Waals surface area contributed by atoms with E-state index in [1.165, 1.54) is 11.3 Å². The van der Waals surface area contributed by atoms with Crippen LogP contribution in [0.2, 0.25) is 5.02 Å². The number of carbonyl (C=O) groups excluding carboxylic acids is 2. The van der Waals surface area contributed by atoms with Crippen LogP contribution in [0.5, 0.6) is 0 Å². The number of halogens is 1. The van der Waals surface area contributed by atoms with Crippen molar-refractivity contribution in [2.45, 2.75) is 33.1 Å². The van der Waals surface area contributed by atoms with Crippen LogP contribution in [0.25, 0.3) is 0 Å². The van der Waals surface area contributed by atoms with Crippen molar-refractivity contribution in [2.75, 3.05) is 18.4 Å². The Morgan fingerprint density at radius 3 is 2.78 bits per heavy atom. The average Bonchev–Trinajstić information content (AvgIpc) is 3.09. The summed E-state index contributed by atoms with van der Waals surface area (Å²) in [6, 6.07) is 7.72. The largest absolute Gasteiger partial charge is 0.342 e. The molecule has 1 unspecified atom stereocenters. The summed E-state index contributed by atoms with van der Waals surface area (Å²) in [5.74, 6) is -0.151. The number of hydrogen-bond donors (Lipinski definition) is 1. The molecule has 5 nitrogen and oxygen atoms in total. The van der Waals surface area contributed by atoms with Crippen LogP contribution < -0.4 is 5.32 Å². The predicted molar refractivity (Wildman–Crippen MR) is 109 cm³/mol. The number of rotatable bonds is 5. The summed E-state index contributed by atoms with van der Waals surface area (Å²) in [6.07, 6.45) is 4.21. The lowest BCUT2D eigenvalue weighted by Gasteiger charge is -2.33. The summed E-state index contributed by atoms with van der Waals surface area (Å²) in [5, 5.41) is 4.25. The Balaban J connectivity index is 1.57. The smallest absolute Gasteiger partial charge is 0.231 e. The van der Waals surface area contributed by atoms with Crippen LogP contribution >= 0.6 is 22.9 Å². The van der Waals surface area contributed by atoms with Gasteiger partial charge in [0.1, 0.15) is 0 Å². The van der Waals surface area contributed by atoms with Gasteiger partial charge in [-0.1, -0.05) is 37.6 Å². The van der Waals surface area contributed by atoms with Crippen molar-refractivity contribution in [3.8, 4) is 0 Å². The van der Waals surface area contributed by atoms with E-state index < -0.39 is 0 Å². The molecule has 1 N–H and O–H groups in total. The van der Waals surface area contributed by atoms with Crippen molar-refractivity contribution in [1.29, 1.82) is 0 Å². The highest BCUT2D eigenvalue weighted by molar-refractivity contribution is 7.15. The Morgan fingerprint density at radius 1 is 1.33 bits per heavy atom. The third-order valence-electron chi connectivity index (χ3n) is 4.67. The van der Waals surface area contributed by atoms with Crippen LogP contribution in [0.4, 0.5) is 5.13 Å². The number of piperidine rings is 1. The molecule has 0 aliphatic carbocycles. The van der Waals surface area contributed by atoms with Gasteiger partial charge in [-0.3, -0.25) is 9.59 Å². The first kappa shape index (κ1) is 19.8. The van der Waals surface area contributed by atoms with Crippen molar-refractivity contribution in [3.63, 3.8) is 0 Å². The van der Waals surface area contributed by atoms with Gasteiger partial charge >= 0.3 is 0 Å². The quantitative estimate of drug-likeness (QED) is 0.809. The first-order valence-electron chi connectivity index (χ1n) is 9.21. The topological polar surface area (TPSA) is 62.3 Å². The van der Waals surface area contributed by atoms with Gasteiger partial charge in [0, 0.05) is 41.5 Å². The fourth-order valence-corrected chi connectivity index (χ4v) is 4.19. The molecule has 27 heavy (non-hydrogen) atoms. The lowest BCUT2D eigenvalue weighted by atomic mass is 9.96. The molecule has 1 aliphatic heterocycles. The molecule has 0 saturated carbocycles. The van der Waals surface area contributed by atoms with Crippen LogP contribution in [-0.4, -0.2) is 34.8 Å². The minimum absolute atomic E-state index is 0.0406. The molecule has 1 fully saturated rings. The van der Waals surface area contributed by atoms with Crippen molar-refractivity contribution < 1.29 is 9.59 Å². The second-order valence-corrected chi connectivity index (χ2v) is 8.75. The lowest BCUT2D eigenvalue weighted by molar-refractivity contribution is -0.137. The van der Waals surface area contributed by atoms with Gasteiger partial charge in [-0.25, -0.2) is 4.98 Å². The molecule has 7 heteroatoms. The molecule has 1 aromatic carbocycles. The van der Waals surface area contributed by atoms with Gasteiger partial charge in [0.2, 0.25) is 11.8 Å². The summed E-state index contributed by atoms with van der Waals surface area (Å²) in [4.78, 5) is 32.0. The first-order chi connectivity index (χ1) is 12.9. The molecule has 0 spiro atoms. The van der Waals surface area contributed by atoms with Crippen LogP contribution in [0, 0.1) is 11.8 Å². The molecule has 1 saturated heterocycles. The molecule has 0 radical (unpaired) electrons. The summed E-state index contributed by atoms with van der Waals surface area (Å²) < 4.78 is 0. The predicted octanol–water partition coefficient (Wildman–Crippen LogP) is 4.22. The van der Waals surface area contributed by atoms with Crippen molar-refractivity contribution >= 4 is 39.9 Å². The van der Waals surface area contributed by atoms with Crippen LogP contribution in [0.1, 0.15) is 37.1 Å². The zero-order valence-corrected chi connectivity index (χ0v) is 17.1. The van der Waals surface area contributed by atoms with E-state index in [0.717, 1.165) is 36.2 Å². The number of thiazole rings is 1. The Morgan fingerprint density at radius 2 is 2.07 bits per heavy atom. The molecule has 1 atom stereocenters. The molecule has 0 bridgehead atoms. The Labute approximate surface area is 168 Å². The SMILES string of the molecule is CC(C)C(=O)N1CCCC(C(=O)Nc2ncc(Cc3ccc(Cl)cc3)s2)C1. The van der Waals surface area contributed by atoms with E-state index >= 15 is 0 Å². The molecule has 3 rings (SSSR count). The zero-order valence-electron chi connectivity index (χ0n) is 15.6. The number of amides is 2. The lowest BCUT2D eigenvalue weighted by Crippen LogP contribution is -2.45. The van der Waals surface area contributed by atoms with Gasteiger partial charge < -0.3 is 10.2 Å². The highest BCUT2D eigenvalue weighted by Gasteiger charge is 2.29. The number of benzene rings is 1. The van der Waals surface area contributed by atoms with E-state index in [9.17, 15) is 9.59 Å². The standard InChI is InChI=1S/C20H24ClN3O2S/c1-13(2)19(26)24-9-3-4-15(12-24)18(25)23-20-22-11-17(27-20)10-14-5-7-16(21)8-6-14/h5-8,11,13,15H,3-4,9-10,12H2,1-2H3,(H,22,23,25). The van der Waals surface area contributed by atoms with E-state index in [1.54, 1.807) is 6.20 Å². The molecule has 1 aliphatic rings. The zero-order chi connectivity index (χ0) is 19.4. The van der Waals surface area contributed by atoms with Gasteiger partial charge in [0.25, 0.3) is 0 Å². The maximum atomic E-state index is 12.6. The number of likely N-dealkylation sites (tertiary alicyclic amines) is 1. The van der Waals surface area contributed by atoms with Gasteiger partial charge in [0.15, 0.2) is 5.13 Å². The van der Waals surface area contributed by atoms with Gasteiger partial charge in [-0.05, 0) is 30.5 Å². The summed E-state index contributed by atoms with van der Waals surface area (Å²) in [5.41, 5.74) is 1.15. The maximum Gasteiger partial charge on any atom is 0.231 e. The fourth-order valence-electron chi connectivity index (χ4n) is 3.21. The van der Waals surface area contributed by atoms with E-state index in [4.69, 9.17) is 11.6 Å². The highest BCUT2D eigenvalue weighted by Crippen LogP contribution is 2.24. The van der Waals surface area contributed by atoms with Crippen molar-refractivity contribution in [1.82, 2.24) is 9.88 Å². The number of aromatic nitrogens is 1. The van der Waals surface area contributed by atoms with E-state index in [2.05, 4.69) is 10.3 Å². The van der Waals surface area contributed by atoms with E-state index in [0.29, 0.717) is 16.7 Å². The van der Waals surface area contributed by atoms with Crippen LogP contribution in [0.3, 0.4) is 0 Å². The second kappa shape index (κ2) is 8.85. The average molecular weight is 406 g/mol. The molecule has 2 amide bonds. The Hall–Kier alpha value is -1.92. The maximum absolute atomic E-state index is 12.6. The molecule has 144 valence electrons. The third-order valence-corrected chi connectivity index (χ3v) is 5.84.